The Bertz CT molecular complexity index is 501. The SMILES string of the molecule is CC(C)(CNC(=O)NC1Cc2ccccc2C1)C(=O)O. The molecule has 0 radical (unpaired) electrons. The van der Waals surface area contributed by atoms with Crippen LogP contribution in [0.5, 0.6) is 0 Å². The fourth-order valence-corrected chi connectivity index (χ4v) is 2.27. The number of carboxylic acid groups (broad SMARTS) is 1. The van der Waals surface area contributed by atoms with Crippen LogP contribution in [-0.2, 0) is 17.6 Å². The fraction of sp³-hybridized carbons (Fsp3) is 0.467. The summed E-state index contributed by atoms with van der Waals surface area (Å²) in [5.41, 5.74) is 1.57. The predicted molar refractivity (Wildman–Crippen MR) is 75.6 cm³/mol. The average Bonchev–Trinajstić information content (AvgIpc) is 2.78. The molecule has 5 heteroatoms. The lowest BCUT2D eigenvalue weighted by atomic mass is 9.94. The van der Waals surface area contributed by atoms with E-state index in [0.29, 0.717) is 0 Å². The lowest BCUT2D eigenvalue weighted by Crippen LogP contribution is -2.47. The van der Waals surface area contributed by atoms with Gasteiger partial charge in [-0.1, -0.05) is 24.3 Å². The van der Waals surface area contributed by atoms with Gasteiger partial charge in [-0.05, 0) is 37.8 Å². The third kappa shape index (κ3) is 3.29. The molecule has 108 valence electrons. The first-order chi connectivity index (χ1) is 9.38. The summed E-state index contributed by atoms with van der Waals surface area (Å²) < 4.78 is 0. The van der Waals surface area contributed by atoms with Gasteiger partial charge in [0.15, 0.2) is 0 Å². The van der Waals surface area contributed by atoms with Crippen LogP contribution in [0.3, 0.4) is 0 Å². The number of nitrogens with one attached hydrogen (secondary N) is 2. The van der Waals surface area contributed by atoms with Crippen molar-refractivity contribution in [3.05, 3.63) is 35.4 Å². The van der Waals surface area contributed by atoms with Gasteiger partial charge in [0.05, 0.1) is 5.41 Å². The quantitative estimate of drug-likeness (QED) is 0.781. The van der Waals surface area contributed by atoms with Crippen LogP contribution in [-0.4, -0.2) is 29.7 Å². The molecule has 0 atom stereocenters. The van der Waals surface area contributed by atoms with E-state index in [1.807, 2.05) is 12.1 Å². The Labute approximate surface area is 118 Å². The van der Waals surface area contributed by atoms with Gasteiger partial charge in [0.1, 0.15) is 0 Å². The molecule has 5 nitrogen and oxygen atoms in total. The van der Waals surface area contributed by atoms with E-state index in [-0.39, 0.29) is 18.6 Å². The summed E-state index contributed by atoms with van der Waals surface area (Å²) in [5.74, 6) is -0.925. The maximum absolute atomic E-state index is 11.8. The number of aliphatic carboxylic acids is 1. The van der Waals surface area contributed by atoms with E-state index in [9.17, 15) is 9.59 Å². The van der Waals surface area contributed by atoms with Crippen molar-refractivity contribution in [1.29, 1.82) is 0 Å². The van der Waals surface area contributed by atoms with Gasteiger partial charge in [0.2, 0.25) is 0 Å². The van der Waals surface area contributed by atoms with Gasteiger partial charge < -0.3 is 15.7 Å². The second-order valence-electron chi connectivity index (χ2n) is 5.89. The highest BCUT2D eigenvalue weighted by Gasteiger charge is 2.28. The van der Waals surface area contributed by atoms with E-state index in [0.717, 1.165) is 12.8 Å². The van der Waals surface area contributed by atoms with E-state index in [1.54, 1.807) is 13.8 Å². The summed E-state index contributed by atoms with van der Waals surface area (Å²) in [6.45, 7) is 3.27. The maximum atomic E-state index is 11.8. The topological polar surface area (TPSA) is 78.4 Å². The van der Waals surface area contributed by atoms with Crippen molar-refractivity contribution in [2.45, 2.75) is 32.7 Å². The minimum absolute atomic E-state index is 0.0836. The number of rotatable bonds is 4. The van der Waals surface area contributed by atoms with Crippen LogP contribution in [0.15, 0.2) is 24.3 Å². The molecule has 20 heavy (non-hydrogen) atoms. The van der Waals surface area contributed by atoms with Crippen LogP contribution >= 0.6 is 0 Å². The lowest BCUT2D eigenvalue weighted by Gasteiger charge is -2.20. The smallest absolute Gasteiger partial charge is 0.315 e. The molecule has 1 aromatic carbocycles. The van der Waals surface area contributed by atoms with Gasteiger partial charge in [0.25, 0.3) is 0 Å². The van der Waals surface area contributed by atoms with E-state index < -0.39 is 11.4 Å². The molecule has 0 spiro atoms. The Hall–Kier alpha value is -2.04. The van der Waals surface area contributed by atoms with Gasteiger partial charge >= 0.3 is 12.0 Å². The van der Waals surface area contributed by atoms with Crippen LogP contribution in [0.25, 0.3) is 0 Å². The van der Waals surface area contributed by atoms with Gasteiger partial charge in [-0.25, -0.2) is 4.79 Å². The van der Waals surface area contributed by atoms with Crippen LogP contribution in [0.4, 0.5) is 4.79 Å². The summed E-state index contributed by atoms with van der Waals surface area (Å²) in [5, 5.41) is 14.5. The Morgan fingerprint density at radius 1 is 1.25 bits per heavy atom. The highest BCUT2D eigenvalue weighted by molar-refractivity contribution is 5.77. The molecule has 0 aliphatic heterocycles. The number of hydrogen-bond donors (Lipinski definition) is 3. The fourth-order valence-electron chi connectivity index (χ4n) is 2.27. The van der Waals surface area contributed by atoms with E-state index in [4.69, 9.17) is 5.11 Å². The molecule has 0 bridgehead atoms. The second kappa shape index (κ2) is 5.53. The number of benzene rings is 1. The highest BCUT2D eigenvalue weighted by atomic mass is 16.4. The molecule has 2 rings (SSSR count). The third-order valence-electron chi connectivity index (χ3n) is 3.66. The molecule has 3 N–H and O–H groups in total. The number of carbonyl (C=O) groups excluding carboxylic acids is 1. The maximum Gasteiger partial charge on any atom is 0.315 e. The molecule has 2 amide bonds. The number of carboxylic acids is 1. The summed E-state index contributed by atoms with van der Waals surface area (Å²) in [6.07, 6.45) is 1.65. The zero-order valence-corrected chi connectivity index (χ0v) is 11.8. The molecule has 0 heterocycles. The van der Waals surface area contributed by atoms with Crippen molar-refractivity contribution in [2.24, 2.45) is 5.41 Å². The Morgan fingerprint density at radius 3 is 2.30 bits per heavy atom. The first-order valence-electron chi connectivity index (χ1n) is 6.73. The van der Waals surface area contributed by atoms with Crippen molar-refractivity contribution in [3.63, 3.8) is 0 Å². The first-order valence-corrected chi connectivity index (χ1v) is 6.73. The summed E-state index contributed by atoms with van der Waals surface area (Å²) >= 11 is 0. The van der Waals surface area contributed by atoms with Crippen molar-refractivity contribution in [2.75, 3.05) is 6.54 Å². The predicted octanol–water partition coefficient (Wildman–Crippen LogP) is 1.56. The molecule has 1 aliphatic carbocycles. The zero-order valence-electron chi connectivity index (χ0n) is 11.8. The van der Waals surface area contributed by atoms with Crippen LogP contribution in [0.2, 0.25) is 0 Å². The number of fused-ring (bicyclic) bond motifs is 1. The van der Waals surface area contributed by atoms with Crippen LogP contribution in [0.1, 0.15) is 25.0 Å². The van der Waals surface area contributed by atoms with E-state index in [1.165, 1.54) is 11.1 Å². The average molecular weight is 276 g/mol. The molecule has 1 aliphatic rings. The Kier molecular flexibility index (Phi) is 3.97. The minimum Gasteiger partial charge on any atom is -0.481 e. The van der Waals surface area contributed by atoms with Crippen molar-refractivity contribution in [3.8, 4) is 0 Å². The van der Waals surface area contributed by atoms with Gasteiger partial charge in [-0.2, -0.15) is 0 Å². The molecule has 0 unspecified atom stereocenters. The number of urea groups is 1. The standard InChI is InChI=1S/C15H20N2O3/c1-15(2,13(18)19)9-16-14(20)17-12-7-10-5-3-4-6-11(10)8-12/h3-6,12H,7-9H2,1-2H3,(H,18,19)(H2,16,17,20). The number of carbonyl (C=O) groups is 2. The molecule has 0 fully saturated rings. The molecular weight excluding hydrogens is 256 g/mol. The third-order valence-corrected chi connectivity index (χ3v) is 3.66. The molecule has 0 aromatic heterocycles. The summed E-state index contributed by atoms with van der Waals surface area (Å²) in [6, 6.07) is 7.91. The first kappa shape index (κ1) is 14.4. The van der Waals surface area contributed by atoms with Gasteiger partial charge in [0, 0.05) is 12.6 Å². The normalized spacial score (nSPS) is 14.7. The molecular formula is C15H20N2O3. The van der Waals surface area contributed by atoms with Crippen molar-refractivity contribution in [1.82, 2.24) is 10.6 Å². The van der Waals surface area contributed by atoms with Crippen LogP contribution < -0.4 is 10.6 Å². The Morgan fingerprint density at radius 2 is 1.80 bits per heavy atom. The molecule has 1 aromatic rings. The van der Waals surface area contributed by atoms with Crippen LogP contribution in [0, 0.1) is 5.41 Å². The van der Waals surface area contributed by atoms with E-state index in [2.05, 4.69) is 22.8 Å². The number of amides is 2. The van der Waals surface area contributed by atoms with Crippen molar-refractivity contribution >= 4 is 12.0 Å². The molecule has 0 saturated heterocycles. The second-order valence-corrected chi connectivity index (χ2v) is 5.89. The lowest BCUT2D eigenvalue weighted by molar-refractivity contribution is -0.146. The summed E-state index contributed by atoms with van der Waals surface area (Å²) in [7, 11) is 0. The summed E-state index contributed by atoms with van der Waals surface area (Å²) in [4.78, 5) is 22.8. The Balaban J connectivity index is 1.81. The van der Waals surface area contributed by atoms with Gasteiger partial charge in [-0.3, -0.25) is 4.79 Å². The largest absolute Gasteiger partial charge is 0.481 e. The highest BCUT2D eigenvalue weighted by Crippen LogP contribution is 2.21. The monoisotopic (exact) mass is 276 g/mol. The van der Waals surface area contributed by atoms with Crippen molar-refractivity contribution < 1.29 is 14.7 Å². The van der Waals surface area contributed by atoms with E-state index >= 15 is 0 Å². The zero-order chi connectivity index (χ0) is 14.8. The molecule has 0 saturated carbocycles. The minimum atomic E-state index is -0.962. The van der Waals surface area contributed by atoms with Gasteiger partial charge in [-0.15, -0.1) is 0 Å². The number of hydrogen-bond acceptors (Lipinski definition) is 2.